The molecule has 16 heteroatoms. The summed E-state index contributed by atoms with van der Waals surface area (Å²) in [6.07, 6.45) is -1.03. The highest BCUT2D eigenvalue weighted by molar-refractivity contribution is 5.93. The van der Waals surface area contributed by atoms with Gasteiger partial charge >= 0.3 is 18.0 Å². The molecule has 46 heavy (non-hydrogen) atoms. The van der Waals surface area contributed by atoms with Crippen LogP contribution in [-0.2, 0) is 36.9 Å². The molecular weight excluding hydrogens is 606 g/mol. The number of hydrogen-bond donors (Lipinski definition) is 6. The number of ether oxygens (including phenoxy) is 2. The molecule has 246 valence electrons. The molecule has 0 heterocycles. The molecule has 2 aromatic rings. The zero-order valence-corrected chi connectivity index (χ0v) is 25.4. The first-order valence-corrected chi connectivity index (χ1v) is 13.8. The first-order valence-electron chi connectivity index (χ1n) is 13.8. The number of phenolic OH excluding ortho intramolecular Hbond substituents is 1. The van der Waals surface area contributed by atoms with Crippen molar-refractivity contribution < 1.29 is 53.6 Å². The Morgan fingerprint density at radius 1 is 0.848 bits per heavy atom. The predicted molar refractivity (Wildman–Crippen MR) is 158 cm³/mol. The van der Waals surface area contributed by atoms with Crippen molar-refractivity contribution >= 4 is 35.8 Å². The highest BCUT2D eigenvalue weighted by Crippen LogP contribution is 2.20. The molecule has 0 saturated heterocycles. The molecule has 2 aromatic carbocycles. The largest absolute Gasteiger partial charge is 0.507 e. The third-order valence-corrected chi connectivity index (χ3v) is 5.85. The first-order chi connectivity index (χ1) is 21.6. The molecule has 2 rings (SSSR count). The molecule has 0 aliphatic rings. The number of aromatic carboxylic acids is 1. The van der Waals surface area contributed by atoms with Crippen LogP contribution in [0.15, 0.2) is 36.4 Å². The summed E-state index contributed by atoms with van der Waals surface area (Å²) in [5, 5.41) is 45.1. The standard InChI is InChI=1S/C30H35N5O11/c1-30(2,3)46-29(44)32-10-8-26(40)35(16-24(38)33-14-18-4-6-20(27(41)42)22(36)12-18)17-25(39)34-15-19-5-7-21(23(37)13-19)28(43)45-11-9-31/h4-7,12-13,36-37H,8,10-11,14-17H2,1-3H3,(H,32,44)(H,33,38)(H,34,39)(H,41,42). The Labute approximate surface area is 263 Å². The minimum Gasteiger partial charge on any atom is -0.507 e. The van der Waals surface area contributed by atoms with E-state index in [4.69, 9.17) is 15.1 Å². The van der Waals surface area contributed by atoms with Crippen LogP contribution in [0, 0.1) is 11.3 Å². The van der Waals surface area contributed by atoms with Gasteiger partial charge in [-0.15, -0.1) is 0 Å². The second-order valence-corrected chi connectivity index (χ2v) is 10.7. The summed E-state index contributed by atoms with van der Waals surface area (Å²) in [5.41, 5.74) is -0.500. The van der Waals surface area contributed by atoms with Gasteiger partial charge in [-0.2, -0.15) is 5.26 Å². The number of alkyl carbamates (subject to hydrolysis) is 1. The van der Waals surface area contributed by atoms with E-state index in [1.165, 1.54) is 36.4 Å². The Balaban J connectivity index is 2.04. The van der Waals surface area contributed by atoms with Gasteiger partial charge in [0.1, 0.15) is 47.4 Å². The van der Waals surface area contributed by atoms with Crippen molar-refractivity contribution in [3.8, 4) is 17.6 Å². The van der Waals surface area contributed by atoms with Gasteiger partial charge < -0.3 is 45.6 Å². The summed E-state index contributed by atoms with van der Waals surface area (Å²) in [4.78, 5) is 74.3. The maximum Gasteiger partial charge on any atom is 0.407 e. The van der Waals surface area contributed by atoms with E-state index in [-0.39, 0.29) is 37.2 Å². The number of nitriles is 1. The van der Waals surface area contributed by atoms with E-state index in [0.717, 1.165) is 4.90 Å². The van der Waals surface area contributed by atoms with Crippen LogP contribution in [-0.4, -0.2) is 87.8 Å². The molecule has 16 nitrogen and oxygen atoms in total. The van der Waals surface area contributed by atoms with Gasteiger partial charge in [0, 0.05) is 26.1 Å². The Morgan fingerprint density at radius 2 is 1.37 bits per heavy atom. The van der Waals surface area contributed by atoms with Gasteiger partial charge in [-0.1, -0.05) is 12.1 Å². The number of benzene rings is 2. The minimum atomic E-state index is -1.33. The fraction of sp³-hybridized carbons (Fsp3) is 0.367. The summed E-state index contributed by atoms with van der Waals surface area (Å²) >= 11 is 0. The van der Waals surface area contributed by atoms with Crippen LogP contribution in [0.2, 0.25) is 0 Å². The van der Waals surface area contributed by atoms with Gasteiger partial charge in [-0.05, 0) is 56.2 Å². The fourth-order valence-electron chi connectivity index (χ4n) is 3.74. The van der Waals surface area contributed by atoms with Crippen molar-refractivity contribution in [3.05, 3.63) is 58.7 Å². The number of esters is 1. The van der Waals surface area contributed by atoms with Gasteiger partial charge in [-0.25, -0.2) is 14.4 Å². The van der Waals surface area contributed by atoms with Crippen molar-refractivity contribution in [1.82, 2.24) is 20.9 Å². The molecule has 4 amide bonds. The van der Waals surface area contributed by atoms with Crippen molar-refractivity contribution in [2.45, 2.75) is 45.9 Å². The summed E-state index contributed by atoms with van der Waals surface area (Å²) in [5.74, 6) is -5.16. The molecule has 6 N–H and O–H groups in total. The van der Waals surface area contributed by atoms with E-state index in [2.05, 4.69) is 20.7 Å². The molecule has 0 saturated carbocycles. The molecule has 0 atom stereocenters. The molecule has 0 spiro atoms. The summed E-state index contributed by atoms with van der Waals surface area (Å²) in [6, 6.07) is 9.26. The monoisotopic (exact) mass is 641 g/mol. The second-order valence-electron chi connectivity index (χ2n) is 10.7. The van der Waals surface area contributed by atoms with Gasteiger partial charge in [0.25, 0.3) is 0 Å². The number of phenols is 2. The molecule has 0 bridgehead atoms. The normalized spacial score (nSPS) is 10.6. The SMILES string of the molecule is CC(C)(C)OC(=O)NCCC(=O)N(CC(=O)NCc1ccc(C(=O)O)c(O)c1)CC(=O)NCc1ccc(C(=O)OCC#N)c(O)c1. The smallest absolute Gasteiger partial charge is 0.407 e. The third-order valence-electron chi connectivity index (χ3n) is 5.85. The zero-order valence-electron chi connectivity index (χ0n) is 25.4. The Kier molecular flexibility index (Phi) is 13.3. The van der Waals surface area contributed by atoms with Crippen molar-refractivity contribution in [2.24, 2.45) is 0 Å². The van der Waals surface area contributed by atoms with Gasteiger partial charge in [0.05, 0.1) is 0 Å². The van der Waals surface area contributed by atoms with Gasteiger partial charge in [-0.3, -0.25) is 14.4 Å². The maximum atomic E-state index is 13.0. The predicted octanol–water partition coefficient (Wildman–Crippen LogP) is 1.15. The Hall–Kier alpha value is -5.85. The van der Waals surface area contributed by atoms with Crippen molar-refractivity contribution in [1.29, 1.82) is 5.26 Å². The number of carbonyl (C=O) groups excluding carboxylic acids is 5. The Morgan fingerprint density at radius 3 is 1.83 bits per heavy atom. The highest BCUT2D eigenvalue weighted by Gasteiger charge is 2.22. The second kappa shape index (κ2) is 16.9. The lowest BCUT2D eigenvalue weighted by atomic mass is 10.1. The molecule has 0 fully saturated rings. The third kappa shape index (κ3) is 12.4. The van der Waals surface area contributed by atoms with Crippen LogP contribution < -0.4 is 16.0 Å². The number of carboxylic acids is 1. The average molecular weight is 642 g/mol. The molecular formula is C30H35N5O11. The quantitative estimate of drug-likeness (QED) is 0.159. The molecule has 0 radical (unpaired) electrons. The molecule has 0 aliphatic heterocycles. The van der Waals surface area contributed by atoms with Crippen LogP contribution in [0.5, 0.6) is 11.5 Å². The lowest BCUT2D eigenvalue weighted by Gasteiger charge is -2.23. The molecule has 0 aliphatic carbocycles. The van der Waals surface area contributed by atoms with Crippen LogP contribution in [0.4, 0.5) is 4.79 Å². The van der Waals surface area contributed by atoms with E-state index < -0.39 is 72.5 Å². The fourth-order valence-corrected chi connectivity index (χ4v) is 3.74. The van der Waals surface area contributed by atoms with Gasteiger partial charge in [0.15, 0.2) is 6.61 Å². The summed E-state index contributed by atoms with van der Waals surface area (Å²) in [6.45, 7) is 3.00. The van der Waals surface area contributed by atoms with E-state index in [9.17, 15) is 39.0 Å². The highest BCUT2D eigenvalue weighted by atomic mass is 16.6. The van der Waals surface area contributed by atoms with Crippen molar-refractivity contribution in [2.75, 3.05) is 26.2 Å². The first kappa shape index (κ1) is 36.3. The maximum absolute atomic E-state index is 13.0. The summed E-state index contributed by atoms with van der Waals surface area (Å²) in [7, 11) is 0. The Bertz CT molecular complexity index is 1510. The number of carboxylic acid groups (broad SMARTS) is 1. The molecule has 0 unspecified atom stereocenters. The number of nitrogens with one attached hydrogen (secondary N) is 3. The topological polar surface area (TPSA) is 245 Å². The lowest BCUT2D eigenvalue weighted by Crippen LogP contribution is -2.46. The van der Waals surface area contributed by atoms with E-state index in [0.29, 0.717) is 11.1 Å². The number of amides is 4. The lowest BCUT2D eigenvalue weighted by molar-refractivity contribution is -0.139. The van der Waals surface area contributed by atoms with Gasteiger partial charge in [0.2, 0.25) is 17.7 Å². The van der Waals surface area contributed by atoms with Crippen LogP contribution in [0.1, 0.15) is 59.0 Å². The molecule has 0 aromatic heterocycles. The van der Waals surface area contributed by atoms with Crippen LogP contribution >= 0.6 is 0 Å². The van der Waals surface area contributed by atoms with Crippen molar-refractivity contribution in [3.63, 3.8) is 0 Å². The number of aromatic hydroxyl groups is 2. The van der Waals surface area contributed by atoms with E-state index >= 15 is 0 Å². The van der Waals surface area contributed by atoms with E-state index in [1.54, 1.807) is 26.8 Å². The minimum absolute atomic E-state index is 0.121. The summed E-state index contributed by atoms with van der Waals surface area (Å²) < 4.78 is 9.78. The number of carbonyl (C=O) groups is 6. The van der Waals surface area contributed by atoms with E-state index in [1.807, 2.05) is 0 Å². The number of nitrogens with zero attached hydrogens (tertiary/aromatic N) is 2. The zero-order chi connectivity index (χ0) is 34.4. The average Bonchev–Trinajstić information content (AvgIpc) is 2.96. The number of hydrogen-bond acceptors (Lipinski definition) is 11. The number of rotatable bonds is 14. The van der Waals surface area contributed by atoms with Crippen LogP contribution in [0.25, 0.3) is 0 Å². The van der Waals surface area contributed by atoms with Crippen LogP contribution in [0.3, 0.4) is 0 Å².